The summed E-state index contributed by atoms with van der Waals surface area (Å²) in [5, 5.41) is 5.01. The van der Waals surface area contributed by atoms with Crippen LogP contribution in [-0.4, -0.2) is 37.0 Å². The lowest BCUT2D eigenvalue weighted by atomic mass is 10.0. The lowest BCUT2D eigenvalue weighted by Crippen LogP contribution is -2.45. The third-order valence-corrected chi connectivity index (χ3v) is 4.04. The molecule has 1 atom stereocenters. The van der Waals surface area contributed by atoms with Gasteiger partial charge in [0.15, 0.2) is 0 Å². The Morgan fingerprint density at radius 1 is 1.04 bits per heavy atom. The molecule has 2 aromatic rings. The molecule has 0 aliphatic rings. The molecular formula is C21H27N3O3. The topological polar surface area (TPSA) is 70.7 Å². The van der Waals surface area contributed by atoms with Crippen molar-refractivity contribution < 1.29 is 14.3 Å². The summed E-state index contributed by atoms with van der Waals surface area (Å²) in [5.41, 5.74) is 1.88. The van der Waals surface area contributed by atoms with Crippen LogP contribution in [0.3, 0.4) is 0 Å². The summed E-state index contributed by atoms with van der Waals surface area (Å²) >= 11 is 0. The largest absolute Gasteiger partial charge is 0.494 e. The SMILES string of the molecule is CCNC(=O)NC(=O)C(c1ccccc1)N(C)Cc1ccc(OCC)cc1. The fraction of sp³-hybridized carbons (Fsp3) is 0.333. The molecule has 6 heteroatoms. The third kappa shape index (κ3) is 6.11. The minimum Gasteiger partial charge on any atom is -0.494 e. The van der Waals surface area contributed by atoms with Crippen molar-refractivity contribution in [3.05, 3.63) is 65.7 Å². The van der Waals surface area contributed by atoms with Crippen molar-refractivity contribution >= 4 is 11.9 Å². The molecule has 2 rings (SSSR count). The van der Waals surface area contributed by atoms with E-state index in [0.29, 0.717) is 19.7 Å². The van der Waals surface area contributed by atoms with Crippen LogP contribution in [0.5, 0.6) is 5.75 Å². The molecule has 3 amide bonds. The van der Waals surface area contributed by atoms with Crippen molar-refractivity contribution in [2.75, 3.05) is 20.2 Å². The number of hydrogen-bond donors (Lipinski definition) is 2. The van der Waals surface area contributed by atoms with Crippen molar-refractivity contribution in [2.24, 2.45) is 0 Å². The first-order valence-electron chi connectivity index (χ1n) is 9.10. The number of ether oxygens (including phenoxy) is 1. The first kappa shape index (κ1) is 20.5. The van der Waals surface area contributed by atoms with Crippen molar-refractivity contribution in [1.82, 2.24) is 15.5 Å². The molecule has 0 saturated heterocycles. The number of nitrogens with one attached hydrogen (secondary N) is 2. The van der Waals surface area contributed by atoms with Crippen molar-refractivity contribution in [2.45, 2.75) is 26.4 Å². The van der Waals surface area contributed by atoms with E-state index in [1.54, 1.807) is 6.92 Å². The standard InChI is InChI=1S/C21H27N3O3/c1-4-22-21(26)23-20(25)19(17-9-7-6-8-10-17)24(3)15-16-11-13-18(14-12-16)27-5-2/h6-14,19H,4-5,15H2,1-3H3,(H2,22,23,25,26). The molecule has 2 aromatic carbocycles. The van der Waals surface area contributed by atoms with Crippen molar-refractivity contribution in [3.8, 4) is 5.75 Å². The zero-order chi connectivity index (χ0) is 19.6. The zero-order valence-corrected chi connectivity index (χ0v) is 16.1. The fourth-order valence-corrected chi connectivity index (χ4v) is 2.86. The van der Waals surface area contributed by atoms with Crippen LogP contribution < -0.4 is 15.4 Å². The highest BCUT2D eigenvalue weighted by molar-refractivity contribution is 5.97. The molecule has 0 saturated carbocycles. The first-order valence-corrected chi connectivity index (χ1v) is 9.10. The molecule has 6 nitrogen and oxygen atoms in total. The number of nitrogens with zero attached hydrogens (tertiary/aromatic N) is 1. The summed E-state index contributed by atoms with van der Waals surface area (Å²) in [5.74, 6) is 0.457. The number of amides is 3. The predicted molar refractivity (Wildman–Crippen MR) is 105 cm³/mol. The highest BCUT2D eigenvalue weighted by Gasteiger charge is 2.26. The molecule has 0 radical (unpaired) electrons. The van der Waals surface area contributed by atoms with Gasteiger partial charge in [0.05, 0.1) is 6.61 Å². The van der Waals surface area contributed by atoms with Crippen LogP contribution in [-0.2, 0) is 11.3 Å². The molecule has 0 bridgehead atoms. The van der Waals surface area contributed by atoms with E-state index in [-0.39, 0.29) is 5.91 Å². The van der Waals surface area contributed by atoms with Crippen LogP contribution in [0.4, 0.5) is 4.79 Å². The van der Waals surface area contributed by atoms with Gasteiger partial charge in [0.25, 0.3) is 0 Å². The van der Waals surface area contributed by atoms with Gasteiger partial charge in [0, 0.05) is 13.1 Å². The summed E-state index contributed by atoms with van der Waals surface area (Å²) in [6.45, 7) is 5.37. The van der Waals surface area contributed by atoms with Crippen LogP contribution in [0.15, 0.2) is 54.6 Å². The average molecular weight is 369 g/mol. The molecule has 0 aromatic heterocycles. The van der Waals surface area contributed by atoms with E-state index >= 15 is 0 Å². The maximum Gasteiger partial charge on any atom is 0.321 e. The van der Waals surface area contributed by atoms with Gasteiger partial charge in [-0.1, -0.05) is 42.5 Å². The second-order valence-electron chi connectivity index (χ2n) is 6.15. The minimum atomic E-state index is -0.583. The smallest absolute Gasteiger partial charge is 0.321 e. The summed E-state index contributed by atoms with van der Waals surface area (Å²) < 4.78 is 5.47. The number of imide groups is 1. The lowest BCUT2D eigenvalue weighted by Gasteiger charge is -2.27. The quantitative estimate of drug-likeness (QED) is 0.750. The highest BCUT2D eigenvalue weighted by Crippen LogP contribution is 2.22. The van der Waals surface area contributed by atoms with E-state index < -0.39 is 12.1 Å². The zero-order valence-electron chi connectivity index (χ0n) is 16.1. The van der Waals surface area contributed by atoms with Crippen LogP contribution >= 0.6 is 0 Å². The molecular weight excluding hydrogens is 342 g/mol. The molecule has 0 aliphatic carbocycles. The van der Waals surface area contributed by atoms with Gasteiger partial charge >= 0.3 is 6.03 Å². The summed E-state index contributed by atoms with van der Waals surface area (Å²) in [4.78, 5) is 26.5. The highest BCUT2D eigenvalue weighted by atomic mass is 16.5. The molecule has 0 fully saturated rings. The predicted octanol–water partition coefficient (Wildman–Crippen LogP) is 3.10. The second kappa shape index (κ2) is 10.3. The molecule has 0 aliphatic heterocycles. The van der Waals surface area contributed by atoms with Gasteiger partial charge in [-0.25, -0.2) is 4.79 Å². The number of benzene rings is 2. The third-order valence-electron chi connectivity index (χ3n) is 4.04. The second-order valence-corrected chi connectivity index (χ2v) is 6.15. The van der Waals surface area contributed by atoms with Gasteiger partial charge in [-0.2, -0.15) is 0 Å². The van der Waals surface area contributed by atoms with Crippen LogP contribution in [0.2, 0.25) is 0 Å². The number of urea groups is 1. The molecule has 0 heterocycles. The molecule has 144 valence electrons. The number of rotatable bonds is 8. The van der Waals surface area contributed by atoms with E-state index in [4.69, 9.17) is 4.74 Å². The normalized spacial score (nSPS) is 11.7. The summed E-state index contributed by atoms with van der Waals surface area (Å²) in [7, 11) is 1.87. The lowest BCUT2D eigenvalue weighted by molar-refractivity contribution is -0.125. The number of likely N-dealkylation sites (N-methyl/N-ethyl adjacent to an activating group) is 1. The fourth-order valence-electron chi connectivity index (χ4n) is 2.86. The van der Waals surface area contributed by atoms with E-state index in [0.717, 1.165) is 16.9 Å². The maximum atomic E-state index is 12.8. The molecule has 2 N–H and O–H groups in total. The van der Waals surface area contributed by atoms with Gasteiger partial charge in [-0.3, -0.25) is 15.0 Å². The van der Waals surface area contributed by atoms with Gasteiger partial charge < -0.3 is 10.1 Å². The van der Waals surface area contributed by atoms with Crippen molar-refractivity contribution in [3.63, 3.8) is 0 Å². The van der Waals surface area contributed by atoms with Crippen molar-refractivity contribution in [1.29, 1.82) is 0 Å². The van der Waals surface area contributed by atoms with Gasteiger partial charge in [-0.05, 0) is 44.2 Å². The Balaban J connectivity index is 2.16. The first-order chi connectivity index (χ1) is 13.0. The Morgan fingerprint density at radius 2 is 1.70 bits per heavy atom. The molecule has 1 unspecified atom stereocenters. The Morgan fingerprint density at radius 3 is 2.30 bits per heavy atom. The number of carbonyl (C=O) groups excluding carboxylic acids is 2. The Labute approximate surface area is 160 Å². The van der Waals surface area contributed by atoms with Crippen LogP contribution in [0, 0.1) is 0 Å². The van der Waals surface area contributed by atoms with Gasteiger partial charge in [0.1, 0.15) is 11.8 Å². The van der Waals surface area contributed by atoms with E-state index in [1.807, 2.05) is 73.5 Å². The van der Waals surface area contributed by atoms with E-state index in [1.165, 1.54) is 0 Å². The Hall–Kier alpha value is -2.86. The Kier molecular flexibility index (Phi) is 7.82. The molecule has 27 heavy (non-hydrogen) atoms. The maximum absolute atomic E-state index is 12.8. The van der Waals surface area contributed by atoms with E-state index in [2.05, 4.69) is 10.6 Å². The van der Waals surface area contributed by atoms with Gasteiger partial charge in [0.2, 0.25) is 5.91 Å². The van der Waals surface area contributed by atoms with E-state index in [9.17, 15) is 9.59 Å². The van der Waals surface area contributed by atoms with Crippen LogP contribution in [0.1, 0.15) is 31.0 Å². The number of hydrogen-bond acceptors (Lipinski definition) is 4. The summed E-state index contributed by atoms with van der Waals surface area (Å²) in [6, 6.07) is 16.1. The number of carbonyl (C=O) groups is 2. The van der Waals surface area contributed by atoms with Gasteiger partial charge in [-0.15, -0.1) is 0 Å². The van der Waals surface area contributed by atoms with Crippen LogP contribution in [0.25, 0.3) is 0 Å². The monoisotopic (exact) mass is 369 g/mol. The minimum absolute atomic E-state index is 0.361. The molecule has 0 spiro atoms. The Bertz CT molecular complexity index is 732. The summed E-state index contributed by atoms with van der Waals surface area (Å²) in [6.07, 6.45) is 0. The average Bonchev–Trinajstić information content (AvgIpc) is 2.65.